The molecule has 0 spiro atoms. The zero-order valence-corrected chi connectivity index (χ0v) is 14.8. The molecule has 0 amide bonds. The highest BCUT2D eigenvalue weighted by Crippen LogP contribution is 2.11. The summed E-state index contributed by atoms with van der Waals surface area (Å²) in [7, 11) is 0. The topological polar surface area (TPSA) is 52.6 Å². The number of rotatable bonds is 8. The van der Waals surface area contributed by atoms with Gasteiger partial charge in [-0.3, -0.25) is 4.90 Å². The number of aromatic nitrogens is 1. The van der Waals surface area contributed by atoms with E-state index in [1.165, 1.54) is 4.88 Å². The molecule has 0 aliphatic rings. The van der Waals surface area contributed by atoms with E-state index in [2.05, 4.69) is 60.1 Å². The molecule has 1 aromatic heterocycles. The molecule has 0 aliphatic heterocycles. The first kappa shape index (κ1) is 17.9. The number of nitrogens with one attached hydrogen (secondary N) is 2. The molecule has 0 radical (unpaired) electrons. The molecular formula is C15H29N5S. The fourth-order valence-corrected chi connectivity index (χ4v) is 2.89. The van der Waals surface area contributed by atoms with Crippen molar-refractivity contribution in [3.8, 4) is 0 Å². The number of nitrogens with zero attached hydrogens (tertiary/aromatic N) is 3. The summed E-state index contributed by atoms with van der Waals surface area (Å²) in [5.41, 5.74) is 0. The van der Waals surface area contributed by atoms with Crippen LogP contribution in [0.1, 0.15) is 37.6 Å². The number of aliphatic imine (C=N–C) groups is 1. The molecule has 0 fully saturated rings. The van der Waals surface area contributed by atoms with E-state index in [-0.39, 0.29) is 0 Å². The third-order valence-corrected chi connectivity index (χ3v) is 4.28. The lowest BCUT2D eigenvalue weighted by Crippen LogP contribution is -2.45. The van der Waals surface area contributed by atoms with Gasteiger partial charge in [0.05, 0.1) is 6.54 Å². The van der Waals surface area contributed by atoms with Crippen LogP contribution in [0.5, 0.6) is 0 Å². The van der Waals surface area contributed by atoms with Crippen LogP contribution in [0.25, 0.3) is 0 Å². The Morgan fingerprint density at radius 1 is 1.33 bits per heavy atom. The third-order valence-electron chi connectivity index (χ3n) is 3.39. The van der Waals surface area contributed by atoms with Crippen molar-refractivity contribution in [3.05, 3.63) is 16.1 Å². The molecule has 1 unspecified atom stereocenters. The van der Waals surface area contributed by atoms with Gasteiger partial charge in [-0.25, -0.2) is 9.98 Å². The molecule has 2 N–H and O–H groups in total. The molecule has 5 nitrogen and oxygen atoms in total. The highest BCUT2D eigenvalue weighted by Gasteiger charge is 2.10. The Morgan fingerprint density at radius 2 is 2.05 bits per heavy atom. The van der Waals surface area contributed by atoms with Gasteiger partial charge in [0.1, 0.15) is 5.01 Å². The predicted octanol–water partition coefficient (Wildman–Crippen LogP) is 2.24. The molecule has 1 aromatic rings. The normalized spacial score (nSPS) is 13.5. The standard InChI is InChI=1S/C15H29N5S/c1-6-16-15(18-9-12(4)20(7-2)8-3)19-11-14-17-10-13(5)21-14/h10,12H,6-9,11H2,1-5H3,(H2,16,18,19). The molecule has 21 heavy (non-hydrogen) atoms. The fourth-order valence-electron chi connectivity index (χ4n) is 2.18. The SMILES string of the molecule is CCNC(=NCc1ncc(C)s1)NCC(C)N(CC)CC. The summed E-state index contributed by atoms with van der Waals surface area (Å²) in [5, 5.41) is 7.76. The van der Waals surface area contributed by atoms with Gasteiger partial charge in [-0.05, 0) is 33.9 Å². The van der Waals surface area contributed by atoms with Crippen molar-refractivity contribution in [3.63, 3.8) is 0 Å². The van der Waals surface area contributed by atoms with Gasteiger partial charge in [0.15, 0.2) is 5.96 Å². The second kappa shape index (κ2) is 9.73. The van der Waals surface area contributed by atoms with Crippen molar-refractivity contribution in [1.29, 1.82) is 0 Å². The predicted molar refractivity (Wildman–Crippen MR) is 92.1 cm³/mol. The van der Waals surface area contributed by atoms with Crippen LogP contribution in [0.3, 0.4) is 0 Å². The van der Waals surface area contributed by atoms with E-state index in [9.17, 15) is 0 Å². The molecule has 1 heterocycles. The molecule has 1 atom stereocenters. The van der Waals surface area contributed by atoms with Gasteiger partial charge in [0, 0.05) is 30.2 Å². The van der Waals surface area contributed by atoms with Gasteiger partial charge >= 0.3 is 0 Å². The summed E-state index contributed by atoms with van der Waals surface area (Å²) in [6.45, 7) is 15.3. The maximum absolute atomic E-state index is 4.60. The lowest BCUT2D eigenvalue weighted by molar-refractivity contribution is 0.231. The quantitative estimate of drug-likeness (QED) is 0.571. The van der Waals surface area contributed by atoms with Gasteiger partial charge < -0.3 is 10.6 Å². The minimum atomic E-state index is 0.492. The first-order valence-corrected chi connectivity index (χ1v) is 8.59. The highest BCUT2D eigenvalue weighted by atomic mass is 32.1. The monoisotopic (exact) mass is 311 g/mol. The van der Waals surface area contributed by atoms with E-state index >= 15 is 0 Å². The highest BCUT2D eigenvalue weighted by molar-refractivity contribution is 7.11. The van der Waals surface area contributed by atoms with E-state index < -0.39 is 0 Å². The Hall–Kier alpha value is -1.14. The fraction of sp³-hybridized carbons (Fsp3) is 0.733. The van der Waals surface area contributed by atoms with E-state index in [0.717, 1.165) is 37.1 Å². The summed E-state index contributed by atoms with van der Waals surface area (Å²) < 4.78 is 0. The van der Waals surface area contributed by atoms with Gasteiger partial charge in [0.25, 0.3) is 0 Å². The maximum Gasteiger partial charge on any atom is 0.191 e. The van der Waals surface area contributed by atoms with Crippen molar-refractivity contribution in [2.75, 3.05) is 26.2 Å². The number of likely N-dealkylation sites (N-methyl/N-ethyl adjacent to an activating group) is 1. The summed E-state index contributed by atoms with van der Waals surface area (Å²) in [5.74, 6) is 0.865. The number of guanidine groups is 1. The van der Waals surface area contributed by atoms with Crippen LogP contribution in [0, 0.1) is 6.92 Å². The van der Waals surface area contributed by atoms with E-state index in [1.807, 2.05) is 6.20 Å². The molecule has 0 aromatic carbocycles. The average Bonchev–Trinajstić information content (AvgIpc) is 2.89. The van der Waals surface area contributed by atoms with Crippen molar-refractivity contribution >= 4 is 17.3 Å². The molecule has 120 valence electrons. The Bertz CT molecular complexity index is 425. The van der Waals surface area contributed by atoms with Crippen LogP contribution < -0.4 is 10.6 Å². The smallest absolute Gasteiger partial charge is 0.191 e. The van der Waals surface area contributed by atoms with Gasteiger partial charge in [-0.15, -0.1) is 11.3 Å². The van der Waals surface area contributed by atoms with Crippen LogP contribution >= 0.6 is 11.3 Å². The van der Waals surface area contributed by atoms with Crippen molar-refractivity contribution < 1.29 is 0 Å². The maximum atomic E-state index is 4.60. The van der Waals surface area contributed by atoms with Gasteiger partial charge in [-0.1, -0.05) is 13.8 Å². The van der Waals surface area contributed by atoms with Crippen LogP contribution in [-0.4, -0.2) is 48.1 Å². The first-order chi connectivity index (χ1) is 10.1. The Kier molecular flexibility index (Phi) is 8.30. The largest absolute Gasteiger partial charge is 0.357 e. The minimum absolute atomic E-state index is 0.492. The minimum Gasteiger partial charge on any atom is -0.357 e. The number of thiazole rings is 1. The number of aryl methyl sites for hydroxylation is 1. The zero-order chi connectivity index (χ0) is 15.7. The van der Waals surface area contributed by atoms with Crippen molar-refractivity contribution in [1.82, 2.24) is 20.5 Å². The number of hydrogen-bond donors (Lipinski definition) is 2. The van der Waals surface area contributed by atoms with Crippen molar-refractivity contribution in [2.45, 2.75) is 47.2 Å². The van der Waals surface area contributed by atoms with E-state index in [4.69, 9.17) is 0 Å². The van der Waals surface area contributed by atoms with Gasteiger partial charge in [0.2, 0.25) is 0 Å². The molecular weight excluding hydrogens is 282 g/mol. The molecule has 0 bridgehead atoms. The summed E-state index contributed by atoms with van der Waals surface area (Å²) in [4.78, 5) is 12.6. The lowest BCUT2D eigenvalue weighted by Gasteiger charge is -2.27. The third kappa shape index (κ3) is 6.44. The summed E-state index contributed by atoms with van der Waals surface area (Å²) >= 11 is 1.70. The van der Waals surface area contributed by atoms with Crippen LogP contribution in [0.15, 0.2) is 11.2 Å². The van der Waals surface area contributed by atoms with Crippen LogP contribution in [0.4, 0.5) is 0 Å². The van der Waals surface area contributed by atoms with Crippen molar-refractivity contribution in [2.24, 2.45) is 4.99 Å². The van der Waals surface area contributed by atoms with E-state index in [1.54, 1.807) is 11.3 Å². The lowest BCUT2D eigenvalue weighted by atomic mass is 10.3. The molecule has 0 saturated heterocycles. The number of hydrogen-bond acceptors (Lipinski definition) is 4. The summed E-state index contributed by atoms with van der Waals surface area (Å²) in [6, 6.07) is 0.492. The molecule has 6 heteroatoms. The summed E-state index contributed by atoms with van der Waals surface area (Å²) in [6.07, 6.45) is 1.90. The second-order valence-electron chi connectivity index (χ2n) is 5.01. The van der Waals surface area contributed by atoms with Crippen LogP contribution in [-0.2, 0) is 6.54 Å². The molecule has 0 aliphatic carbocycles. The second-order valence-corrected chi connectivity index (χ2v) is 6.33. The van der Waals surface area contributed by atoms with E-state index in [0.29, 0.717) is 12.6 Å². The van der Waals surface area contributed by atoms with Gasteiger partial charge in [-0.2, -0.15) is 0 Å². The Balaban J connectivity index is 2.52. The zero-order valence-electron chi connectivity index (χ0n) is 13.9. The molecule has 0 saturated carbocycles. The molecule has 1 rings (SSSR count). The first-order valence-electron chi connectivity index (χ1n) is 7.78. The van der Waals surface area contributed by atoms with Crippen LogP contribution in [0.2, 0.25) is 0 Å². The Labute approximate surface area is 132 Å². The Morgan fingerprint density at radius 3 is 2.57 bits per heavy atom. The average molecular weight is 311 g/mol.